The van der Waals surface area contributed by atoms with Gasteiger partial charge in [-0.2, -0.15) is 5.26 Å². The highest BCUT2D eigenvalue weighted by molar-refractivity contribution is 7.18. The van der Waals surface area contributed by atoms with Crippen molar-refractivity contribution < 1.29 is 9.59 Å². The van der Waals surface area contributed by atoms with Gasteiger partial charge >= 0.3 is 0 Å². The van der Waals surface area contributed by atoms with Gasteiger partial charge in [-0.3, -0.25) is 9.59 Å². The number of nitrogens with zero attached hydrogens (tertiary/aromatic N) is 2. The van der Waals surface area contributed by atoms with Crippen LogP contribution in [0.5, 0.6) is 0 Å². The third-order valence-corrected chi connectivity index (χ3v) is 5.84. The number of hydrogen-bond donors (Lipinski definition) is 2. The van der Waals surface area contributed by atoms with Gasteiger partial charge in [0.15, 0.2) is 0 Å². The van der Waals surface area contributed by atoms with E-state index in [0.717, 1.165) is 21.6 Å². The van der Waals surface area contributed by atoms with Crippen molar-refractivity contribution in [3.05, 3.63) is 40.4 Å². The fourth-order valence-corrected chi connectivity index (χ4v) is 3.83. The van der Waals surface area contributed by atoms with Crippen LogP contribution in [0.1, 0.15) is 31.7 Å². The van der Waals surface area contributed by atoms with E-state index >= 15 is 0 Å². The number of nitriles is 1. The standard InChI is InChI=1S/C20H23ClN4O2S/c1-4-12(2)16(11-23-20(27)13(3)10-22)24-18(26)7-8-19-25-15-6-5-14(21)9-17(15)28-19/h5-6,9,12,16H,3-4,7-8,11H2,1-2H3,(H,23,27)(H,24,26). The summed E-state index contributed by atoms with van der Waals surface area (Å²) in [7, 11) is 0. The number of aromatic nitrogens is 1. The first-order valence-corrected chi connectivity index (χ1v) is 10.2. The first kappa shape index (κ1) is 21.9. The van der Waals surface area contributed by atoms with Crippen LogP contribution in [0, 0.1) is 17.2 Å². The van der Waals surface area contributed by atoms with Gasteiger partial charge < -0.3 is 10.6 Å². The molecule has 28 heavy (non-hydrogen) atoms. The van der Waals surface area contributed by atoms with Crippen molar-refractivity contribution in [1.29, 1.82) is 5.26 Å². The van der Waals surface area contributed by atoms with Gasteiger partial charge in [0.05, 0.1) is 15.2 Å². The van der Waals surface area contributed by atoms with E-state index in [4.69, 9.17) is 16.9 Å². The predicted octanol–water partition coefficient (Wildman–Crippen LogP) is 3.61. The highest BCUT2D eigenvalue weighted by atomic mass is 35.5. The summed E-state index contributed by atoms with van der Waals surface area (Å²) < 4.78 is 1.00. The summed E-state index contributed by atoms with van der Waals surface area (Å²) in [5.74, 6) is -0.446. The van der Waals surface area contributed by atoms with Gasteiger partial charge in [0.25, 0.3) is 5.91 Å². The summed E-state index contributed by atoms with van der Waals surface area (Å²) in [6, 6.07) is 7.03. The molecule has 2 atom stereocenters. The van der Waals surface area contributed by atoms with Crippen LogP contribution >= 0.6 is 22.9 Å². The van der Waals surface area contributed by atoms with Crippen molar-refractivity contribution in [2.24, 2.45) is 5.92 Å². The fraction of sp³-hybridized carbons (Fsp3) is 0.400. The third-order valence-electron chi connectivity index (χ3n) is 4.53. The molecule has 0 fully saturated rings. The molecule has 2 aromatic rings. The molecule has 0 aliphatic heterocycles. The van der Waals surface area contributed by atoms with Crippen LogP contribution in [0.15, 0.2) is 30.4 Å². The third kappa shape index (κ3) is 6.04. The largest absolute Gasteiger partial charge is 0.351 e. The highest BCUT2D eigenvalue weighted by Crippen LogP contribution is 2.25. The molecule has 2 amide bonds. The topological polar surface area (TPSA) is 94.9 Å². The summed E-state index contributed by atoms with van der Waals surface area (Å²) in [6.45, 7) is 7.67. The van der Waals surface area contributed by atoms with Crippen LogP contribution in [0.2, 0.25) is 5.02 Å². The molecular weight excluding hydrogens is 396 g/mol. The molecule has 0 aliphatic carbocycles. The van der Waals surface area contributed by atoms with E-state index in [0.29, 0.717) is 17.9 Å². The number of hydrogen-bond acceptors (Lipinski definition) is 5. The number of benzene rings is 1. The molecule has 0 saturated heterocycles. The summed E-state index contributed by atoms with van der Waals surface area (Å²) >= 11 is 7.53. The lowest BCUT2D eigenvalue weighted by atomic mass is 9.98. The van der Waals surface area contributed by atoms with Gasteiger partial charge in [-0.25, -0.2) is 4.98 Å². The summed E-state index contributed by atoms with van der Waals surface area (Å²) in [6.07, 6.45) is 1.69. The molecule has 6 nitrogen and oxygen atoms in total. The van der Waals surface area contributed by atoms with Crippen molar-refractivity contribution in [1.82, 2.24) is 15.6 Å². The van der Waals surface area contributed by atoms with E-state index in [9.17, 15) is 9.59 Å². The van der Waals surface area contributed by atoms with Gasteiger partial charge in [0, 0.05) is 30.5 Å². The molecule has 0 spiro atoms. The Morgan fingerprint density at radius 2 is 2.18 bits per heavy atom. The number of thiazole rings is 1. The lowest BCUT2D eigenvalue weighted by molar-refractivity contribution is -0.123. The summed E-state index contributed by atoms with van der Waals surface area (Å²) in [5.41, 5.74) is 0.730. The Morgan fingerprint density at radius 3 is 2.86 bits per heavy atom. The molecule has 2 N–H and O–H groups in total. The minimum Gasteiger partial charge on any atom is -0.351 e. The normalized spacial score (nSPS) is 12.8. The number of aryl methyl sites for hydroxylation is 1. The van der Waals surface area contributed by atoms with E-state index in [1.54, 1.807) is 12.1 Å². The van der Waals surface area contributed by atoms with Gasteiger partial charge in [-0.15, -0.1) is 11.3 Å². The molecule has 0 aliphatic rings. The maximum absolute atomic E-state index is 12.4. The van der Waals surface area contributed by atoms with E-state index < -0.39 is 5.91 Å². The van der Waals surface area contributed by atoms with E-state index in [1.807, 2.05) is 26.0 Å². The molecule has 2 rings (SSSR count). The minimum atomic E-state index is -0.516. The Labute approximate surface area is 173 Å². The average molecular weight is 419 g/mol. The summed E-state index contributed by atoms with van der Waals surface area (Å²) in [4.78, 5) is 28.7. The highest BCUT2D eigenvalue weighted by Gasteiger charge is 2.20. The van der Waals surface area contributed by atoms with Crippen LogP contribution in [0.3, 0.4) is 0 Å². The molecule has 1 aromatic carbocycles. The Bertz CT molecular complexity index is 919. The molecule has 0 saturated carbocycles. The van der Waals surface area contributed by atoms with Crippen molar-refractivity contribution in [3.8, 4) is 6.07 Å². The number of fused-ring (bicyclic) bond motifs is 1. The second-order valence-corrected chi connectivity index (χ2v) is 8.13. The average Bonchev–Trinajstić information content (AvgIpc) is 3.09. The van der Waals surface area contributed by atoms with E-state index in [1.165, 1.54) is 11.3 Å². The Balaban J connectivity index is 1.91. The number of nitrogens with one attached hydrogen (secondary N) is 2. The lowest BCUT2D eigenvalue weighted by Gasteiger charge is -2.24. The summed E-state index contributed by atoms with van der Waals surface area (Å²) in [5, 5.41) is 15.9. The number of carbonyl (C=O) groups excluding carboxylic acids is 2. The molecule has 1 heterocycles. The molecular formula is C20H23ClN4O2S. The first-order valence-electron chi connectivity index (χ1n) is 9.05. The van der Waals surface area contributed by atoms with Crippen molar-refractivity contribution in [2.45, 2.75) is 39.2 Å². The zero-order valence-corrected chi connectivity index (χ0v) is 17.5. The zero-order valence-electron chi connectivity index (χ0n) is 15.9. The van der Waals surface area contributed by atoms with Crippen molar-refractivity contribution in [3.63, 3.8) is 0 Å². The van der Waals surface area contributed by atoms with Crippen LogP contribution < -0.4 is 10.6 Å². The molecule has 1 aromatic heterocycles. The SMILES string of the molecule is C=C(C#N)C(=O)NCC(NC(=O)CCc1nc2ccc(Cl)cc2s1)C(C)CC. The lowest BCUT2D eigenvalue weighted by Crippen LogP contribution is -2.47. The van der Waals surface area contributed by atoms with Gasteiger partial charge in [0.1, 0.15) is 11.6 Å². The van der Waals surface area contributed by atoms with E-state index in [-0.39, 0.29) is 30.0 Å². The van der Waals surface area contributed by atoms with Crippen LogP contribution in [0.25, 0.3) is 10.2 Å². The quantitative estimate of drug-likeness (QED) is 0.480. The molecule has 0 bridgehead atoms. The Morgan fingerprint density at radius 1 is 1.43 bits per heavy atom. The smallest absolute Gasteiger partial charge is 0.261 e. The molecule has 0 radical (unpaired) electrons. The first-order chi connectivity index (χ1) is 13.3. The number of halogens is 1. The Hall–Kier alpha value is -2.43. The van der Waals surface area contributed by atoms with Crippen LogP contribution in [-0.2, 0) is 16.0 Å². The molecule has 8 heteroatoms. The van der Waals surface area contributed by atoms with E-state index in [2.05, 4.69) is 22.2 Å². The van der Waals surface area contributed by atoms with Gasteiger partial charge in [-0.05, 0) is 24.1 Å². The number of amides is 2. The van der Waals surface area contributed by atoms with Crippen LogP contribution in [0.4, 0.5) is 0 Å². The second kappa shape index (κ2) is 10.2. The molecule has 2 unspecified atom stereocenters. The maximum Gasteiger partial charge on any atom is 0.261 e. The zero-order chi connectivity index (χ0) is 20.7. The predicted molar refractivity (Wildman–Crippen MR) is 112 cm³/mol. The Kier molecular flexibility index (Phi) is 7.97. The van der Waals surface area contributed by atoms with Gasteiger partial charge in [-0.1, -0.05) is 38.4 Å². The van der Waals surface area contributed by atoms with Crippen molar-refractivity contribution >= 4 is 45.0 Å². The second-order valence-electron chi connectivity index (χ2n) is 6.58. The monoisotopic (exact) mass is 418 g/mol. The number of rotatable bonds is 9. The maximum atomic E-state index is 12.4. The fourth-order valence-electron chi connectivity index (χ4n) is 2.59. The van der Waals surface area contributed by atoms with Crippen LogP contribution in [-0.4, -0.2) is 29.4 Å². The van der Waals surface area contributed by atoms with Crippen molar-refractivity contribution in [2.75, 3.05) is 6.54 Å². The van der Waals surface area contributed by atoms with Gasteiger partial charge in [0.2, 0.25) is 5.91 Å². The molecule has 148 valence electrons. The minimum absolute atomic E-state index is 0.101. The number of carbonyl (C=O) groups is 2.